The summed E-state index contributed by atoms with van der Waals surface area (Å²) in [6.45, 7) is 0.352. The number of fused-ring (bicyclic) bond motifs is 1. The number of hydrogen-bond donors (Lipinski definition) is 1. The Balaban J connectivity index is 1.93. The fraction of sp³-hybridized carbons (Fsp3) is 0.227. The summed E-state index contributed by atoms with van der Waals surface area (Å²) in [5, 5.41) is 15.1. The van der Waals surface area contributed by atoms with Gasteiger partial charge >= 0.3 is 5.97 Å². The molecule has 0 unspecified atom stereocenters. The highest BCUT2D eigenvalue weighted by atomic mass is 16.6. The number of benzene rings is 2. The van der Waals surface area contributed by atoms with E-state index in [1.807, 2.05) is 48.5 Å². The second-order valence-corrected chi connectivity index (χ2v) is 6.23. The maximum atomic E-state index is 10.6. The smallest absolute Gasteiger partial charge is 0.303 e. The summed E-state index contributed by atoms with van der Waals surface area (Å²) in [7, 11) is 1.65. The Morgan fingerprint density at radius 2 is 1.89 bits per heavy atom. The van der Waals surface area contributed by atoms with Crippen molar-refractivity contribution in [2.75, 3.05) is 13.7 Å². The number of methoxy groups -OCH3 is 1. The van der Waals surface area contributed by atoms with Crippen LogP contribution in [0.15, 0.2) is 66.1 Å². The van der Waals surface area contributed by atoms with E-state index in [9.17, 15) is 4.79 Å². The second-order valence-electron chi connectivity index (χ2n) is 6.23. The van der Waals surface area contributed by atoms with E-state index in [1.54, 1.807) is 19.5 Å². The number of carboxylic acids is 1. The van der Waals surface area contributed by atoms with Crippen molar-refractivity contribution in [2.45, 2.75) is 19.3 Å². The molecule has 1 heterocycles. The molecule has 0 saturated carbocycles. The van der Waals surface area contributed by atoms with Crippen molar-refractivity contribution in [1.82, 2.24) is 4.98 Å². The summed E-state index contributed by atoms with van der Waals surface area (Å²) >= 11 is 0. The number of oxime groups is 1. The van der Waals surface area contributed by atoms with Gasteiger partial charge < -0.3 is 14.7 Å². The molecule has 0 fully saturated rings. The molecule has 0 saturated heterocycles. The Hall–Kier alpha value is -3.41. The van der Waals surface area contributed by atoms with E-state index in [0.29, 0.717) is 25.2 Å². The van der Waals surface area contributed by atoms with Crippen molar-refractivity contribution in [3.63, 3.8) is 0 Å². The van der Waals surface area contributed by atoms with Gasteiger partial charge in [0.05, 0.1) is 7.11 Å². The molecule has 6 heteroatoms. The fourth-order valence-electron chi connectivity index (χ4n) is 2.97. The lowest BCUT2D eigenvalue weighted by molar-refractivity contribution is -0.137. The van der Waals surface area contributed by atoms with Crippen LogP contribution in [-0.2, 0) is 9.63 Å². The maximum absolute atomic E-state index is 10.6. The largest absolute Gasteiger partial charge is 0.496 e. The lowest BCUT2D eigenvalue weighted by Gasteiger charge is -2.12. The molecule has 0 aliphatic rings. The lowest BCUT2D eigenvalue weighted by Crippen LogP contribution is -2.07. The van der Waals surface area contributed by atoms with E-state index in [1.165, 1.54) is 0 Å². The quantitative estimate of drug-likeness (QED) is 0.342. The van der Waals surface area contributed by atoms with Crippen LogP contribution in [0.3, 0.4) is 0 Å². The number of aromatic nitrogens is 1. The van der Waals surface area contributed by atoms with Crippen LogP contribution < -0.4 is 4.74 Å². The van der Waals surface area contributed by atoms with Crippen LogP contribution >= 0.6 is 0 Å². The summed E-state index contributed by atoms with van der Waals surface area (Å²) < 4.78 is 5.48. The van der Waals surface area contributed by atoms with E-state index in [0.717, 1.165) is 27.6 Å². The number of carbonyl (C=O) groups is 1. The average molecular weight is 378 g/mol. The van der Waals surface area contributed by atoms with Crippen LogP contribution in [0, 0.1) is 0 Å². The van der Waals surface area contributed by atoms with Crippen molar-refractivity contribution < 1.29 is 19.5 Å². The third-order valence-corrected chi connectivity index (χ3v) is 4.33. The van der Waals surface area contributed by atoms with Crippen LogP contribution in [0.5, 0.6) is 5.75 Å². The number of rotatable bonds is 9. The minimum absolute atomic E-state index is 0.131. The number of aliphatic carboxylic acids is 1. The molecule has 0 amide bonds. The second kappa shape index (κ2) is 9.50. The normalized spacial score (nSPS) is 11.4. The third-order valence-electron chi connectivity index (χ3n) is 4.33. The summed E-state index contributed by atoms with van der Waals surface area (Å²) in [5.41, 5.74) is 2.42. The Morgan fingerprint density at radius 3 is 2.61 bits per heavy atom. The molecule has 0 bridgehead atoms. The summed E-state index contributed by atoms with van der Waals surface area (Å²) in [5.74, 6) is -0.0104. The predicted molar refractivity (Wildman–Crippen MR) is 108 cm³/mol. The van der Waals surface area contributed by atoms with E-state index in [-0.39, 0.29) is 6.42 Å². The van der Waals surface area contributed by atoms with E-state index >= 15 is 0 Å². The molecule has 3 rings (SSSR count). The zero-order chi connectivity index (χ0) is 19.8. The van der Waals surface area contributed by atoms with Crippen molar-refractivity contribution in [1.29, 1.82) is 0 Å². The van der Waals surface area contributed by atoms with Gasteiger partial charge in [-0.05, 0) is 42.5 Å². The maximum Gasteiger partial charge on any atom is 0.303 e. The molecule has 0 radical (unpaired) electrons. The number of hydrogen-bond acceptors (Lipinski definition) is 5. The number of carboxylic acid groups (broad SMARTS) is 1. The van der Waals surface area contributed by atoms with Crippen molar-refractivity contribution in [3.8, 4) is 5.75 Å². The molecular formula is C22H22N2O4. The van der Waals surface area contributed by atoms with Crippen LogP contribution in [0.25, 0.3) is 10.8 Å². The molecule has 28 heavy (non-hydrogen) atoms. The van der Waals surface area contributed by atoms with Gasteiger partial charge in [-0.1, -0.05) is 29.4 Å². The summed E-state index contributed by atoms with van der Waals surface area (Å²) in [4.78, 5) is 20.3. The van der Waals surface area contributed by atoms with Gasteiger partial charge in [0, 0.05) is 35.3 Å². The van der Waals surface area contributed by atoms with Gasteiger partial charge in [-0.15, -0.1) is 0 Å². The predicted octanol–water partition coefficient (Wildman–Crippen LogP) is 4.27. The van der Waals surface area contributed by atoms with Gasteiger partial charge in [0.15, 0.2) is 0 Å². The summed E-state index contributed by atoms with van der Waals surface area (Å²) in [6.07, 6.45) is 4.76. The molecular weight excluding hydrogens is 356 g/mol. The van der Waals surface area contributed by atoms with Crippen LogP contribution in [0.2, 0.25) is 0 Å². The van der Waals surface area contributed by atoms with Crippen molar-refractivity contribution in [3.05, 3.63) is 72.1 Å². The molecule has 2 aromatic carbocycles. The summed E-state index contributed by atoms with van der Waals surface area (Å²) in [6, 6.07) is 15.6. The van der Waals surface area contributed by atoms with E-state index < -0.39 is 5.97 Å². The zero-order valence-electron chi connectivity index (χ0n) is 15.7. The van der Waals surface area contributed by atoms with Crippen molar-refractivity contribution in [2.24, 2.45) is 5.16 Å². The number of nitrogens with zero attached hydrogens (tertiary/aromatic N) is 2. The first-order valence-electron chi connectivity index (χ1n) is 9.09. The van der Waals surface area contributed by atoms with E-state index in [4.69, 9.17) is 14.7 Å². The van der Waals surface area contributed by atoms with Gasteiger partial charge in [-0.25, -0.2) is 0 Å². The lowest BCUT2D eigenvalue weighted by atomic mass is 9.97. The van der Waals surface area contributed by atoms with E-state index in [2.05, 4.69) is 10.1 Å². The van der Waals surface area contributed by atoms with Gasteiger partial charge in [0.2, 0.25) is 0 Å². The molecule has 1 aromatic heterocycles. The van der Waals surface area contributed by atoms with Gasteiger partial charge in [-0.3, -0.25) is 9.78 Å². The average Bonchev–Trinajstić information content (AvgIpc) is 2.73. The van der Waals surface area contributed by atoms with Gasteiger partial charge in [0.25, 0.3) is 0 Å². The molecule has 0 aliphatic heterocycles. The molecule has 1 N–H and O–H groups in total. The van der Waals surface area contributed by atoms with Crippen LogP contribution in [-0.4, -0.2) is 35.5 Å². The number of ether oxygens (including phenoxy) is 1. The van der Waals surface area contributed by atoms with Gasteiger partial charge in [-0.2, -0.15) is 0 Å². The highest BCUT2D eigenvalue weighted by Gasteiger charge is 2.14. The number of pyridine rings is 1. The fourth-order valence-corrected chi connectivity index (χ4v) is 2.97. The molecule has 6 nitrogen and oxygen atoms in total. The molecule has 0 atom stereocenters. The first-order valence-corrected chi connectivity index (χ1v) is 9.09. The first-order chi connectivity index (χ1) is 13.7. The van der Waals surface area contributed by atoms with Crippen LogP contribution in [0.4, 0.5) is 0 Å². The SMILES string of the molecule is COc1ccc(C(=NOCCCCC(=O)O)c2cccnc2)c2ccccc12. The minimum atomic E-state index is -0.802. The molecule has 0 aliphatic carbocycles. The first kappa shape index (κ1) is 19.4. The molecule has 0 spiro atoms. The Bertz CT molecular complexity index is 971. The monoisotopic (exact) mass is 378 g/mol. The highest BCUT2D eigenvalue weighted by Crippen LogP contribution is 2.30. The Morgan fingerprint density at radius 1 is 1.07 bits per heavy atom. The molecule has 144 valence electrons. The molecule has 3 aromatic rings. The topological polar surface area (TPSA) is 81.0 Å². The Labute approximate surface area is 163 Å². The standard InChI is InChI=1S/C22H22N2O4/c1-27-20-12-11-19(17-8-2-3-9-18(17)20)22(16-7-6-13-23-15-16)24-28-14-5-4-10-21(25)26/h2-3,6-9,11-13,15H,4-5,10,14H2,1H3,(H,25,26). The minimum Gasteiger partial charge on any atom is -0.496 e. The Kier molecular flexibility index (Phi) is 6.57. The highest BCUT2D eigenvalue weighted by molar-refractivity contribution is 6.19. The zero-order valence-corrected chi connectivity index (χ0v) is 15.7. The van der Waals surface area contributed by atoms with Crippen molar-refractivity contribution >= 4 is 22.5 Å². The third kappa shape index (κ3) is 4.65. The van der Waals surface area contributed by atoms with Crippen LogP contribution in [0.1, 0.15) is 30.4 Å². The van der Waals surface area contributed by atoms with Gasteiger partial charge in [0.1, 0.15) is 18.1 Å². The number of unbranched alkanes of at least 4 members (excludes halogenated alkanes) is 1.